The first-order valence-corrected chi connectivity index (χ1v) is 8.61. The Hall–Kier alpha value is -2.99. The Morgan fingerprint density at radius 3 is 2.52 bits per heavy atom. The molecule has 1 N–H and O–H groups in total. The molecule has 0 atom stereocenters. The number of benzene rings is 2. The zero-order valence-corrected chi connectivity index (χ0v) is 14.1. The Balaban J connectivity index is 1.75. The molecule has 3 aromatic rings. The minimum atomic E-state index is -1.24. The lowest BCUT2D eigenvalue weighted by Gasteiger charge is -2.07. The molecule has 3 rings (SSSR count). The lowest BCUT2D eigenvalue weighted by molar-refractivity contribution is -0.305. The minimum Gasteiger partial charge on any atom is -0.550 e. The molecule has 0 unspecified atom stereocenters. The summed E-state index contributed by atoms with van der Waals surface area (Å²) in [4.78, 5) is 26.8. The number of carboxylic acid groups (broad SMARTS) is 1. The van der Waals surface area contributed by atoms with Crippen molar-refractivity contribution in [2.45, 2.75) is 12.8 Å². The molecule has 1 aromatic heterocycles. The summed E-state index contributed by atoms with van der Waals surface area (Å²) in [5.74, 6) is -1.59. The quantitative estimate of drug-likeness (QED) is 0.740. The van der Waals surface area contributed by atoms with Crippen LogP contribution in [0.5, 0.6) is 0 Å². The van der Waals surface area contributed by atoms with Gasteiger partial charge < -0.3 is 15.2 Å². The van der Waals surface area contributed by atoms with E-state index >= 15 is 0 Å². The van der Waals surface area contributed by atoms with Crippen LogP contribution in [0.15, 0.2) is 60.0 Å². The fourth-order valence-electron chi connectivity index (χ4n) is 2.32. The van der Waals surface area contributed by atoms with Gasteiger partial charge >= 0.3 is 0 Å². The van der Waals surface area contributed by atoms with E-state index in [1.807, 2.05) is 53.9 Å². The number of hydrogen-bond donors (Lipinski definition) is 1. The third-order valence-corrected chi connectivity index (χ3v) is 4.41. The second kappa shape index (κ2) is 7.72. The van der Waals surface area contributed by atoms with Crippen LogP contribution in [-0.2, 0) is 9.59 Å². The monoisotopic (exact) mass is 351 g/mol. The molecule has 6 heteroatoms. The molecule has 0 aliphatic carbocycles. The molecule has 2 aromatic carbocycles. The van der Waals surface area contributed by atoms with Crippen LogP contribution < -0.4 is 10.4 Å². The van der Waals surface area contributed by atoms with Gasteiger partial charge in [0.15, 0.2) is 0 Å². The zero-order chi connectivity index (χ0) is 17.6. The van der Waals surface area contributed by atoms with Crippen LogP contribution in [0.4, 0.5) is 5.69 Å². The van der Waals surface area contributed by atoms with E-state index in [-0.39, 0.29) is 18.7 Å². The van der Waals surface area contributed by atoms with Crippen molar-refractivity contribution < 1.29 is 14.7 Å². The molecule has 0 fully saturated rings. The SMILES string of the molecule is O=C([O-])CCC(=O)Nc1cccc(-c2csc(-c3ccccc3)n2)c1. The summed E-state index contributed by atoms with van der Waals surface area (Å²) in [5, 5.41) is 16.0. The molecule has 0 aliphatic rings. The van der Waals surface area contributed by atoms with Crippen molar-refractivity contribution in [1.29, 1.82) is 0 Å². The van der Waals surface area contributed by atoms with Crippen molar-refractivity contribution in [3.05, 3.63) is 60.0 Å². The number of nitrogens with zero attached hydrogens (tertiary/aromatic N) is 1. The van der Waals surface area contributed by atoms with Gasteiger partial charge in [0, 0.05) is 34.6 Å². The van der Waals surface area contributed by atoms with Gasteiger partial charge in [-0.25, -0.2) is 4.98 Å². The molecule has 126 valence electrons. The summed E-state index contributed by atoms with van der Waals surface area (Å²) in [5.41, 5.74) is 3.38. The largest absolute Gasteiger partial charge is 0.550 e. The van der Waals surface area contributed by atoms with Crippen LogP contribution in [0, 0.1) is 0 Å². The molecule has 0 aliphatic heterocycles. The van der Waals surface area contributed by atoms with Crippen molar-refractivity contribution in [3.63, 3.8) is 0 Å². The second-order valence-electron chi connectivity index (χ2n) is 5.40. The van der Waals surface area contributed by atoms with E-state index in [1.165, 1.54) is 0 Å². The summed E-state index contributed by atoms with van der Waals surface area (Å²) in [7, 11) is 0. The molecule has 1 heterocycles. The highest BCUT2D eigenvalue weighted by Crippen LogP contribution is 2.29. The van der Waals surface area contributed by atoms with Gasteiger partial charge in [-0.1, -0.05) is 42.5 Å². The number of thiazole rings is 1. The van der Waals surface area contributed by atoms with Gasteiger partial charge in [0.1, 0.15) is 5.01 Å². The summed E-state index contributed by atoms with van der Waals surface area (Å²) in [6.07, 6.45) is -0.403. The van der Waals surface area contributed by atoms with Gasteiger partial charge in [-0.15, -0.1) is 11.3 Å². The van der Waals surface area contributed by atoms with Crippen molar-refractivity contribution >= 4 is 28.9 Å². The molecule has 0 radical (unpaired) electrons. The Kier molecular flexibility index (Phi) is 5.20. The lowest BCUT2D eigenvalue weighted by Crippen LogP contribution is -2.24. The number of aromatic nitrogens is 1. The first-order chi connectivity index (χ1) is 12.1. The number of rotatable bonds is 6. The molecule has 0 saturated heterocycles. The van der Waals surface area contributed by atoms with E-state index in [2.05, 4.69) is 10.3 Å². The standard InChI is InChI=1S/C19H16N2O3S/c22-17(9-10-18(23)24)20-15-8-4-7-14(11-15)16-12-25-19(21-16)13-5-2-1-3-6-13/h1-8,11-12H,9-10H2,(H,20,22)(H,23,24)/p-1. The van der Waals surface area contributed by atoms with Gasteiger partial charge in [-0.2, -0.15) is 0 Å². The number of hydrogen-bond acceptors (Lipinski definition) is 5. The number of aliphatic carboxylic acids is 1. The van der Waals surface area contributed by atoms with Gasteiger partial charge in [0.25, 0.3) is 0 Å². The maximum absolute atomic E-state index is 11.7. The molecular weight excluding hydrogens is 336 g/mol. The molecule has 0 saturated carbocycles. The van der Waals surface area contributed by atoms with E-state index in [0.29, 0.717) is 5.69 Å². The van der Waals surface area contributed by atoms with Gasteiger partial charge in [-0.05, 0) is 18.6 Å². The van der Waals surface area contributed by atoms with Crippen LogP contribution in [0.2, 0.25) is 0 Å². The average molecular weight is 351 g/mol. The first-order valence-electron chi connectivity index (χ1n) is 7.73. The predicted molar refractivity (Wildman–Crippen MR) is 95.9 cm³/mol. The van der Waals surface area contributed by atoms with Crippen LogP contribution in [-0.4, -0.2) is 16.9 Å². The molecule has 0 bridgehead atoms. The fraction of sp³-hybridized carbons (Fsp3) is 0.105. The van der Waals surface area contributed by atoms with Crippen molar-refractivity contribution in [2.75, 3.05) is 5.32 Å². The van der Waals surface area contributed by atoms with E-state index in [9.17, 15) is 14.7 Å². The summed E-state index contributed by atoms with van der Waals surface area (Å²) in [6.45, 7) is 0. The first kappa shape index (κ1) is 16.9. The summed E-state index contributed by atoms with van der Waals surface area (Å²) in [6, 6.07) is 17.2. The number of nitrogens with one attached hydrogen (secondary N) is 1. The predicted octanol–water partition coefficient (Wildman–Crippen LogP) is 2.95. The zero-order valence-electron chi connectivity index (χ0n) is 13.3. The van der Waals surface area contributed by atoms with E-state index in [1.54, 1.807) is 17.4 Å². The molecule has 0 spiro atoms. The van der Waals surface area contributed by atoms with E-state index < -0.39 is 5.97 Å². The van der Waals surface area contributed by atoms with Gasteiger partial charge in [-0.3, -0.25) is 4.79 Å². The molecule has 1 amide bonds. The Morgan fingerprint density at radius 1 is 1.00 bits per heavy atom. The molecular formula is C19H15N2O3S-. The lowest BCUT2D eigenvalue weighted by atomic mass is 10.1. The van der Waals surface area contributed by atoms with Crippen LogP contribution >= 0.6 is 11.3 Å². The van der Waals surface area contributed by atoms with Crippen LogP contribution in [0.25, 0.3) is 21.8 Å². The minimum absolute atomic E-state index is 0.110. The molecule has 25 heavy (non-hydrogen) atoms. The van der Waals surface area contributed by atoms with Crippen LogP contribution in [0.3, 0.4) is 0 Å². The highest BCUT2D eigenvalue weighted by atomic mass is 32.1. The Bertz CT molecular complexity index is 890. The average Bonchev–Trinajstić information content (AvgIpc) is 3.11. The number of carbonyl (C=O) groups excluding carboxylic acids is 2. The maximum atomic E-state index is 11.7. The van der Waals surface area contributed by atoms with Crippen LogP contribution in [0.1, 0.15) is 12.8 Å². The van der Waals surface area contributed by atoms with Crippen molar-refractivity contribution in [1.82, 2.24) is 4.98 Å². The number of carboxylic acids is 1. The number of amides is 1. The van der Waals surface area contributed by atoms with Crippen molar-refractivity contribution in [3.8, 4) is 21.8 Å². The summed E-state index contributed by atoms with van der Waals surface area (Å²) >= 11 is 1.56. The fourth-order valence-corrected chi connectivity index (χ4v) is 3.15. The Labute approximate surface area is 149 Å². The van der Waals surface area contributed by atoms with Gasteiger partial charge in [0.05, 0.1) is 5.69 Å². The third kappa shape index (κ3) is 4.51. The third-order valence-electron chi connectivity index (χ3n) is 3.52. The Morgan fingerprint density at radius 2 is 1.76 bits per heavy atom. The number of anilines is 1. The highest BCUT2D eigenvalue weighted by Gasteiger charge is 2.08. The number of carbonyl (C=O) groups is 2. The van der Waals surface area contributed by atoms with Crippen molar-refractivity contribution in [2.24, 2.45) is 0 Å². The van der Waals surface area contributed by atoms with E-state index in [0.717, 1.165) is 21.8 Å². The van der Waals surface area contributed by atoms with Gasteiger partial charge in [0.2, 0.25) is 5.91 Å². The maximum Gasteiger partial charge on any atom is 0.224 e. The smallest absolute Gasteiger partial charge is 0.224 e. The topological polar surface area (TPSA) is 82.1 Å². The second-order valence-corrected chi connectivity index (χ2v) is 6.26. The van der Waals surface area contributed by atoms with E-state index in [4.69, 9.17) is 0 Å². The highest BCUT2D eigenvalue weighted by molar-refractivity contribution is 7.13. The normalized spacial score (nSPS) is 10.4. The molecule has 5 nitrogen and oxygen atoms in total. The summed E-state index contributed by atoms with van der Waals surface area (Å²) < 4.78 is 0.